The van der Waals surface area contributed by atoms with E-state index in [1.807, 2.05) is 24.3 Å². The van der Waals surface area contributed by atoms with Gasteiger partial charge in [-0.15, -0.1) is 0 Å². The molecule has 0 fully saturated rings. The number of hydrogen-bond acceptors (Lipinski definition) is 3. The topological polar surface area (TPSA) is 58.1 Å². The van der Waals surface area contributed by atoms with Crippen molar-refractivity contribution >= 4 is 22.3 Å². The summed E-state index contributed by atoms with van der Waals surface area (Å²) in [6, 6.07) is 26.3. The molecule has 4 heteroatoms. The summed E-state index contributed by atoms with van der Waals surface area (Å²) in [6.45, 7) is 0. The molecule has 0 bridgehead atoms. The number of aromatic amines is 1. The summed E-state index contributed by atoms with van der Waals surface area (Å²) in [5, 5.41) is 0.627. The summed E-state index contributed by atoms with van der Waals surface area (Å²) < 4.78 is 0. The number of aromatic nitrogens is 2. The maximum atomic E-state index is 12.2. The quantitative estimate of drug-likeness (QED) is 0.495. The molecule has 0 saturated carbocycles. The number of nitrogens with zero attached hydrogens (tertiary/aromatic N) is 2. The predicted molar refractivity (Wildman–Crippen MR) is 123 cm³/mol. The van der Waals surface area contributed by atoms with Crippen LogP contribution >= 0.6 is 0 Å². The molecule has 0 saturated heterocycles. The fraction of sp³-hybridized carbons (Fsp3) is 0.115. The highest BCUT2D eigenvalue weighted by Crippen LogP contribution is 2.26. The molecule has 1 N–H and O–H groups in total. The molecule has 0 radical (unpaired) electrons. The molecule has 0 aliphatic carbocycles. The van der Waals surface area contributed by atoms with Crippen LogP contribution in [0.1, 0.15) is 24.2 Å². The van der Waals surface area contributed by atoms with E-state index in [1.165, 1.54) is 11.1 Å². The lowest BCUT2D eigenvalue weighted by molar-refractivity contribution is 0.896. The first-order valence-corrected chi connectivity index (χ1v) is 10.2. The molecule has 2 heterocycles. The van der Waals surface area contributed by atoms with Crippen molar-refractivity contribution in [2.45, 2.75) is 19.3 Å². The number of fused-ring (bicyclic) bond motifs is 1. The van der Waals surface area contributed by atoms with E-state index in [9.17, 15) is 4.79 Å². The maximum absolute atomic E-state index is 12.2. The summed E-state index contributed by atoms with van der Waals surface area (Å²) in [7, 11) is 0. The third kappa shape index (κ3) is 3.72. The highest BCUT2D eigenvalue weighted by atomic mass is 16.1. The Hall–Kier alpha value is -3.79. The number of nitrogens with one attached hydrogen (secondary N) is 1. The molecular formula is C26H21N3O. The minimum atomic E-state index is -0.0821. The number of H-pyrrole nitrogens is 1. The Labute approximate surface area is 174 Å². The lowest BCUT2D eigenvalue weighted by Crippen LogP contribution is -2.12. The van der Waals surface area contributed by atoms with Gasteiger partial charge in [0.1, 0.15) is 5.82 Å². The summed E-state index contributed by atoms with van der Waals surface area (Å²) in [6.07, 6.45) is 4.47. The molecule has 3 aromatic carbocycles. The third-order valence-corrected chi connectivity index (χ3v) is 5.41. The zero-order valence-corrected chi connectivity index (χ0v) is 16.5. The molecule has 1 aliphatic heterocycles. The molecule has 30 heavy (non-hydrogen) atoms. The van der Waals surface area contributed by atoms with Gasteiger partial charge >= 0.3 is 0 Å². The Morgan fingerprint density at radius 1 is 0.767 bits per heavy atom. The van der Waals surface area contributed by atoms with Crippen LogP contribution < -0.4 is 5.56 Å². The molecule has 146 valence electrons. The summed E-state index contributed by atoms with van der Waals surface area (Å²) in [4.78, 5) is 24.5. The second kappa shape index (κ2) is 7.91. The average molecular weight is 391 g/mol. The monoisotopic (exact) mass is 391 g/mol. The molecule has 4 aromatic rings. The number of para-hydroxylation sites is 1. The third-order valence-electron chi connectivity index (χ3n) is 5.41. The van der Waals surface area contributed by atoms with Gasteiger partial charge in [0.05, 0.1) is 16.6 Å². The van der Waals surface area contributed by atoms with Crippen molar-refractivity contribution in [1.82, 2.24) is 9.97 Å². The molecule has 0 unspecified atom stereocenters. The van der Waals surface area contributed by atoms with Crippen molar-refractivity contribution in [1.29, 1.82) is 0 Å². The minimum absolute atomic E-state index is 0.0821. The summed E-state index contributed by atoms with van der Waals surface area (Å²) >= 11 is 0. The molecule has 1 aromatic heterocycles. The van der Waals surface area contributed by atoms with Crippen LogP contribution in [0.4, 0.5) is 0 Å². The molecule has 0 atom stereocenters. The Morgan fingerprint density at radius 2 is 1.47 bits per heavy atom. The molecule has 0 spiro atoms. The first kappa shape index (κ1) is 18.3. The van der Waals surface area contributed by atoms with Gasteiger partial charge in [-0.3, -0.25) is 9.79 Å². The van der Waals surface area contributed by atoms with E-state index in [2.05, 4.69) is 64.6 Å². The van der Waals surface area contributed by atoms with E-state index in [1.54, 1.807) is 6.07 Å². The number of hydrogen-bond donors (Lipinski definition) is 1. The van der Waals surface area contributed by atoms with E-state index in [0.29, 0.717) is 17.6 Å². The molecule has 5 rings (SSSR count). The predicted octanol–water partition coefficient (Wildman–Crippen LogP) is 5.41. The van der Waals surface area contributed by atoms with Crippen LogP contribution in [0.15, 0.2) is 94.7 Å². The Bertz CT molecular complexity index is 1320. The van der Waals surface area contributed by atoms with Crippen molar-refractivity contribution in [2.24, 2.45) is 4.99 Å². The number of aryl methyl sites for hydroxylation is 1. The van der Waals surface area contributed by atoms with E-state index in [-0.39, 0.29) is 5.56 Å². The largest absolute Gasteiger partial charge is 0.310 e. The van der Waals surface area contributed by atoms with Crippen LogP contribution in [0.5, 0.6) is 0 Å². The number of rotatable bonds is 5. The van der Waals surface area contributed by atoms with Gasteiger partial charge in [-0.25, -0.2) is 4.98 Å². The van der Waals surface area contributed by atoms with Crippen LogP contribution in [-0.2, 0) is 6.42 Å². The Kier molecular flexibility index (Phi) is 4.81. The second-order valence-corrected chi connectivity index (χ2v) is 7.44. The number of benzene rings is 3. The van der Waals surface area contributed by atoms with Crippen molar-refractivity contribution in [3.8, 4) is 11.1 Å². The second-order valence-electron chi connectivity index (χ2n) is 7.44. The van der Waals surface area contributed by atoms with E-state index in [4.69, 9.17) is 4.99 Å². The van der Waals surface area contributed by atoms with Gasteiger partial charge in [0.15, 0.2) is 0 Å². The highest BCUT2D eigenvalue weighted by Gasteiger charge is 2.12. The van der Waals surface area contributed by atoms with Gasteiger partial charge in [0.25, 0.3) is 5.56 Å². The Balaban J connectivity index is 1.28. The molecule has 4 nitrogen and oxygen atoms in total. The van der Waals surface area contributed by atoms with E-state index >= 15 is 0 Å². The van der Waals surface area contributed by atoms with Crippen LogP contribution in [0.2, 0.25) is 0 Å². The summed E-state index contributed by atoms with van der Waals surface area (Å²) in [5.41, 5.74) is 6.33. The van der Waals surface area contributed by atoms with Gasteiger partial charge in [0.2, 0.25) is 0 Å². The maximum Gasteiger partial charge on any atom is 0.258 e. The van der Waals surface area contributed by atoms with Gasteiger partial charge < -0.3 is 4.98 Å². The SMILES string of the molecule is O=c1[nH]c(CCC2=NC(c3ccc(-c4ccccc4)cc3)=CC2)nc2ccccc12. The number of aliphatic imine (C=N–C) groups is 1. The number of allylic oxidation sites excluding steroid dienone is 1. The first-order valence-electron chi connectivity index (χ1n) is 10.2. The van der Waals surface area contributed by atoms with Gasteiger partial charge in [-0.2, -0.15) is 0 Å². The smallest absolute Gasteiger partial charge is 0.258 e. The van der Waals surface area contributed by atoms with Crippen LogP contribution in [0.3, 0.4) is 0 Å². The fourth-order valence-electron chi connectivity index (χ4n) is 3.80. The molecular weight excluding hydrogens is 370 g/mol. The van der Waals surface area contributed by atoms with Crippen molar-refractivity contribution < 1.29 is 0 Å². The zero-order valence-electron chi connectivity index (χ0n) is 16.5. The molecule has 1 aliphatic rings. The average Bonchev–Trinajstić information content (AvgIpc) is 3.28. The van der Waals surface area contributed by atoms with Gasteiger partial charge in [0, 0.05) is 18.6 Å². The minimum Gasteiger partial charge on any atom is -0.310 e. The standard InChI is InChI=1S/C26H21N3O/c30-26-22-8-4-5-9-24(22)28-25(29-26)17-15-21-14-16-23(27-21)20-12-10-19(11-13-20)18-6-2-1-3-7-18/h1-13,16H,14-15,17H2,(H,28,29,30). The molecule has 0 amide bonds. The van der Waals surface area contributed by atoms with E-state index in [0.717, 1.165) is 35.3 Å². The lowest BCUT2D eigenvalue weighted by atomic mass is 10.0. The van der Waals surface area contributed by atoms with Crippen molar-refractivity contribution in [3.63, 3.8) is 0 Å². The van der Waals surface area contributed by atoms with Crippen LogP contribution in [0.25, 0.3) is 27.7 Å². The van der Waals surface area contributed by atoms with Gasteiger partial charge in [-0.05, 0) is 35.2 Å². The summed E-state index contributed by atoms with van der Waals surface area (Å²) in [5.74, 6) is 0.710. The Morgan fingerprint density at radius 3 is 2.30 bits per heavy atom. The lowest BCUT2D eigenvalue weighted by Gasteiger charge is -2.05. The van der Waals surface area contributed by atoms with Crippen LogP contribution in [-0.4, -0.2) is 15.7 Å². The normalized spacial score (nSPS) is 13.3. The zero-order chi connectivity index (χ0) is 20.3. The van der Waals surface area contributed by atoms with E-state index < -0.39 is 0 Å². The van der Waals surface area contributed by atoms with Crippen molar-refractivity contribution in [3.05, 3.63) is 107 Å². The first-order chi connectivity index (χ1) is 14.8. The highest BCUT2D eigenvalue weighted by molar-refractivity contribution is 5.96. The van der Waals surface area contributed by atoms with Gasteiger partial charge in [-0.1, -0.05) is 72.8 Å². The van der Waals surface area contributed by atoms with Crippen LogP contribution in [0, 0.1) is 0 Å². The van der Waals surface area contributed by atoms with Crippen molar-refractivity contribution in [2.75, 3.05) is 0 Å². The fourth-order valence-corrected chi connectivity index (χ4v) is 3.80.